The van der Waals surface area contributed by atoms with E-state index in [-0.39, 0.29) is 17.9 Å². The minimum Gasteiger partial charge on any atom is -0.381 e. The second kappa shape index (κ2) is 9.32. The first kappa shape index (κ1) is 16.4. The van der Waals surface area contributed by atoms with Gasteiger partial charge < -0.3 is 15.8 Å². The van der Waals surface area contributed by atoms with Crippen molar-refractivity contribution in [3.8, 4) is 0 Å². The van der Waals surface area contributed by atoms with Gasteiger partial charge in [-0.25, -0.2) is 0 Å². The van der Waals surface area contributed by atoms with E-state index >= 15 is 0 Å². The van der Waals surface area contributed by atoms with E-state index < -0.39 is 0 Å². The quantitative estimate of drug-likeness (QED) is 0.664. The summed E-state index contributed by atoms with van der Waals surface area (Å²) in [6, 6.07) is 0.0320. The molecule has 1 amide bonds. The summed E-state index contributed by atoms with van der Waals surface area (Å²) in [5.74, 6) is 0.535. The summed E-state index contributed by atoms with van der Waals surface area (Å²) in [6.45, 7) is 6.54. The number of nitrogens with one attached hydrogen (secondary N) is 1. The van der Waals surface area contributed by atoms with Crippen LogP contribution in [0.3, 0.4) is 0 Å². The summed E-state index contributed by atoms with van der Waals surface area (Å²) in [5.41, 5.74) is 6.07. The van der Waals surface area contributed by atoms with Gasteiger partial charge in [-0.05, 0) is 31.6 Å². The van der Waals surface area contributed by atoms with Crippen molar-refractivity contribution in [1.29, 1.82) is 0 Å². The Kier molecular flexibility index (Phi) is 8.07. The average Bonchev–Trinajstić information content (AvgIpc) is 2.37. The lowest BCUT2D eigenvalue weighted by Crippen LogP contribution is -2.47. The summed E-state index contributed by atoms with van der Waals surface area (Å²) in [6.07, 6.45) is 6.40. The molecule has 1 fully saturated rings. The van der Waals surface area contributed by atoms with Gasteiger partial charge in [0.1, 0.15) is 0 Å². The molecule has 0 aromatic carbocycles. The van der Waals surface area contributed by atoms with Crippen LogP contribution in [0.25, 0.3) is 0 Å². The molecular weight excluding hydrogens is 240 g/mol. The SMILES string of the molecule is CCCCOCCCNC(=O)C1C(C)CCCC1N. The van der Waals surface area contributed by atoms with Crippen molar-refractivity contribution in [2.45, 2.75) is 58.4 Å². The van der Waals surface area contributed by atoms with Gasteiger partial charge in [-0.1, -0.05) is 26.7 Å². The van der Waals surface area contributed by atoms with E-state index in [2.05, 4.69) is 19.2 Å². The van der Waals surface area contributed by atoms with Crippen LogP contribution in [0.15, 0.2) is 0 Å². The fraction of sp³-hybridized carbons (Fsp3) is 0.933. The molecule has 0 radical (unpaired) electrons. The molecule has 3 N–H and O–H groups in total. The zero-order valence-electron chi connectivity index (χ0n) is 12.5. The van der Waals surface area contributed by atoms with E-state index in [1.165, 1.54) is 0 Å². The molecule has 1 rings (SSSR count). The second-order valence-electron chi connectivity index (χ2n) is 5.71. The molecule has 112 valence electrons. The van der Waals surface area contributed by atoms with E-state index in [0.29, 0.717) is 12.5 Å². The van der Waals surface area contributed by atoms with E-state index in [4.69, 9.17) is 10.5 Å². The fourth-order valence-electron chi connectivity index (χ4n) is 2.76. The number of nitrogens with two attached hydrogens (primary N) is 1. The number of carbonyl (C=O) groups is 1. The lowest BCUT2D eigenvalue weighted by molar-refractivity contribution is -0.128. The van der Waals surface area contributed by atoms with Crippen molar-refractivity contribution in [3.63, 3.8) is 0 Å². The first-order valence-corrected chi connectivity index (χ1v) is 7.77. The van der Waals surface area contributed by atoms with Crippen molar-refractivity contribution in [2.75, 3.05) is 19.8 Å². The maximum Gasteiger partial charge on any atom is 0.224 e. The Morgan fingerprint density at radius 3 is 2.74 bits per heavy atom. The Bertz CT molecular complexity index is 249. The zero-order chi connectivity index (χ0) is 14.1. The van der Waals surface area contributed by atoms with Gasteiger partial charge in [-0.2, -0.15) is 0 Å². The first-order chi connectivity index (χ1) is 9.16. The fourth-order valence-corrected chi connectivity index (χ4v) is 2.76. The van der Waals surface area contributed by atoms with E-state index in [1.54, 1.807) is 0 Å². The van der Waals surface area contributed by atoms with Crippen LogP contribution in [0.1, 0.15) is 52.4 Å². The van der Waals surface area contributed by atoms with Gasteiger partial charge in [-0.3, -0.25) is 4.79 Å². The number of hydrogen-bond acceptors (Lipinski definition) is 3. The van der Waals surface area contributed by atoms with Crippen LogP contribution in [-0.4, -0.2) is 31.7 Å². The van der Waals surface area contributed by atoms with Crippen LogP contribution in [0, 0.1) is 11.8 Å². The highest BCUT2D eigenvalue weighted by molar-refractivity contribution is 5.79. The number of ether oxygens (including phenoxy) is 1. The van der Waals surface area contributed by atoms with E-state index in [1.807, 2.05) is 0 Å². The average molecular weight is 270 g/mol. The second-order valence-corrected chi connectivity index (χ2v) is 5.71. The van der Waals surface area contributed by atoms with Gasteiger partial charge in [0.05, 0.1) is 5.92 Å². The van der Waals surface area contributed by atoms with Crippen LogP contribution in [-0.2, 0) is 9.53 Å². The van der Waals surface area contributed by atoms with Gasteiger partial charge in [0.2, 0.25) is 5.91 Å². The Morgan fingerprint density at radius 2 is 2.05 bits per heavy atom. The molecule has 0 aromatic heterocycles. The molecule has 0 saturated heterocycles. The number of carbonyl (C=O) groups excluding carboxylic acids is 1. The Morgan fingerprint density at radius 1 is 1.32 bits per heavy atom. The third-order valence-electron chi connectivity index (χ3n) is 3.98. The lowest BCUT2D eigenvalue weighted by Gasteiger charge is -2.33. The Hall–Kier alpha value is -0.610. The highest BCUT2D eigenvalue weighted by Crippen LogP contribution is 2.28. The summed E-state index contributed by atoms with van der Waals surface area (Å²) in [4.78, 5) is 12.1. The molecule has 0 bridgehead atoms. The standard InChI is InChI=1S/C15H30N2O2/c1-3-4-10-19-11-6-9-17-15(18)14-12(2)7-5-8-13(14)16/h12-14H,3-11,16H2,1-2H3,(H,17,18). The van der Waals surface area contributed by atoms with Crippen LogP contribution in [0.4, 0.5) is 0 Å². The summed E-state index contributed by atoms with van der Waals surface area (Å²) in [7, 11) is 0. The maximum atomic E-state index is 12.1. The van der Waals surface area contributed by atoms with Gasteiger partial charge in [0.15, 0.2) is 0 Å². The topological polar surface area (TPSA) is 64.3 Å². The molecule has 4 nitrogen and oxygen atoms in total. The van der Waals surface area contributed by atoms with Crippen LogP contribution >= 0.6 is 0 Å². The molecule has 0 aromatic rings. The maximum absolute atomic E-state index is 12.1. The minimum atomic E-state index is -0.00485. The summed E-state index contributed by atoms with van der Waals surface area (Å²) in [5, 5.41) is 3.01. The highest BCUT2D eigenvalue weighted by atomic mass is 16.5. The van der Waals surface area contributed by atoms with Gasteiger partial charge in [-0.15, -0.1) is 0 Å². The summed E-state index contributed by atoms with van der Waals surface area (Å²) >= 11 is 0. The van der Waals surface area contributed by atoms with Gasteiger partial charge >= 0.3 is 0 Å². The van der Waals surface area contributed by atoms with Gasteiger partial charge in [0, 0.05) is 25.8 Å². The lowest BCUT2D eigenvalue weighted by atomic mass is 9.76. The Labute approximate surface area is 117 Å². The van der Waals surface area contributed by atoms with Crippen LogP contribution in [0.5, 0.6) is 0 Å². The first-order valence-electron chi connectivity index (χ1n) is 7.77. The normalized spacial score (nSPS) is 27.2. The van der Waals surface area contributed by atoms with E-state index in [9.17, 15) is 4.79 Å². The number of amides is 1. The molecule has 0 aliphatic heterocycles. The molecule has 19 heavy (non-hydrogen) atoms. The largest absolute Gasteiger partial charge is 0.381 e. The van der Waals surface area contributed by atoms with E-state index in [0.717, 1.165) is 51.7 Å². The molecule has 4 heteroatoms. The predicted molar refractivity (Wildman–Crippen MR) is 77.8 cm³/mol. The summed E-state index contributed by atoms with van der Waals surface area (Å²) < 4.78 is 5.47. The minimum absolute atomic E-state index is 0.00485. The van der Waals surface area contributed by atoms with Crippen molar-refractivity contribution in [3.05, 3.63) is 0 Å². The van der Waals surface area contributed by atoms with Crippen LogP contribution < -0.4 is 11.1 Å². The number of hydrogen-bond donors (Lipinski definition) is 2. The smallest absolute Gasteiger partial charge is 0.224 e. The third kappa shape index (κ3) is 5.91. The van der Waals surface area contributed by atoms with Gasteiger partial charge in [0.25, 0.3) is 0 Å². The zero-order valence-corrected chi connectivity index (χ0v) is 12.5. The number of rotatable bonds is 8. The third-order valence-corrected chi connectivity index (χ3v) is 3.98. The number of unbranched alkanes of at least 4 members (excludes halogenated alkanes) is 1. The molecule has 1 aliphatic rings. The van der Waals surface area contributed by atoms with Crippen molar-refractivity contribution < 1.29 is 9.53 Å². The molecule has 3 atom stereocenters. The molecule has 1 aliphatic carbocycles. The molecule has 0 spiro atoms. The Balaban J connectivity index is 2.12. The molecular formula is C15H30N2O2. The molecule has 3 unspecified atom stereocenters. The molecule has 1 saturated carbocycles. The van der Waals surface area contributed by atoms with Crippen molar-refractivity contribution >= 4 is 5.91 Å². The highest BCUT2D eigenvalue weighted by Gasteiger charge is 2.33. The van der Waals surface area contributed by atoms with Crippen molar-refractivity contribution in [1.82, 2.24) is 5.32 Å². The monoisotopic (exact) mass is 270 g/mol. The van der Waals surface area contributed by atoms with Crippen molar-refractivity contribution in [2.24, 2.45) is 17.6 Å². The molecule has 0 heterocycles. The predicted octanol–water partition coefficient (Wildman–Crippen LogP) is 2.07. The van der Waals surface area contributed by atoms with Crippen LogP contribution in [0.2, 0.25) is 0 Å².